The zero-order chi connectivity index (χ0) is 44.5. The molecule has 16 nitrogen and oxygen atoms in total. The van der Waals surface area contributed by atoms with E-state index in [-0.39, 0.29) is 42.5 Å². The van der Waals surface area contributed by atoms with E-state index in [1.54, 1.807) is 29.5 Å². The van der Waals surface area contributed by atoms with Gasteiger partial charge in [-0.05, 0) is 80.2 Å². The van der Waals surface area contributed by atoms with Gasteiger partial charge in [0.25, 0.3) is 5.88 Å². The molecule has 0 unspecified atom stereocenters. The van der Waals surface area contributed by atoms with Crippen LogP contribution in [0.25, 0.3) is 21.7 Å². The number of phenolic OH excluding ortho intramolecular Hbond substituents is 1. The lowest BCUT2D eigenvalue weighted by atomic mass is 9.91. The number of amides is 2. The first-order chi connectivity index (χ1) is 31.0. The van der Waals surface area contributed by atoms with Gasteiger partial charge in [0.2, 0.25) is 11.8 Å². The molecule has 5 atom stereocenters. The number of aromatic nitrogens is 4. The van der Waals surface area contributed by atoms with Crippen molar-refractivity contribution in [1.29, 1.82) is 0 Å². The number of carbonyl (C=O) groups is 2. The number of thiazole rings is 1. The molecule has 0 bridgehead atoms. The largest absolute Gasteiger partial charge is 0.507 e. The fraction of sp³-hybridized carbons (Fsp3) is 0.489. The molecule has 0 radical (unpaired) electrons. The quantitative estimate of drug-likeness (QED) is 0.119. The van der Waals surface area contributed by atoms with Crippen LogP contribution in [0.1, 0.15) is 69.0 Å². The Balaban J connectivity index is 0.742. The third-order valence-corrected chi connectivity index (χ3v) is 14.4. The van der Waals surface area contributed by atoms with Crippen molar-refractivity contribution in [3.05, 3.63) is 83.2 Å². The summed E-state index contributed by atoms with van der Waals surface area (Å²) in [7, 11) is 0. The minimum Gasteiger partial charge on any atom is -0.507 e. The molecule has 9 rings (SSSR count). The number of aryl methyl sites for hydroxylation is 1. The second-order valence-corrected chi connectivity index (χ2v) is 18.8. The Labute approximate surface area is 377 Å². The number of β-amino-alcohol motifs (C(OH)–C–C–N with tert-alkyl or cyclic N) is 1. The van der Waals surface area contributed by atoms with Crippen LogP contribution in [-0.4, -0.2) is 140 Å². The van der Waals surface area contributed by atoms with Crippen molar-refractivity contribution in [3.63, 3.8) is 0 Å². The minimum atomic E-state index is -0.819. The van der Waals surface area contributed by atoms with Gasteiger partial charge in [0.15, 0.2) is 11.6 Å². The van der Waals surface area contributed by atoms with Gasteiger partial charge in [-0.2, -0.15) is 0 Å². The molecule has 4 N–H and O–H groups in total. The van der Waals surface area contributed by atoms with Crippen molar-refractivity contribution in [3.8, 4) is 33.3 Å². The number of piperazine rings is 1. The molecule has 3 aromatic heterocycles. The number of fused-ring (bicyclic) bond motifs is 3. The molecular weight excluding hydrogens is 833 g/mol. The average Bonchev–Trinajstić information content (AvgIpc) is 4.06. The van der Waals surface area contributed by atoms with E-state index >= 15 is 0 Å². The Morgan fingerprint density at radius 3 is 2.55 bits per heavy atom. The first-order valence-corrected chi connectivity index (χ1v) is 23.4. The number of anilines is 2. The van der Waals surface area contributed by atoms with E-state index < -0.39 is 18.1 Å². The van der Waals surface area contributed by atoms with E-state index in [2.05, 4.69) is 45.7 Å². The van der Waals surface area contributed by atoms with Crippen molar-refractivity contribution in [2.24, 2.45) is 5.92 Å². The Hall–Kier alpha value is -5.62. The molecule has 64 heavy (non-hydrogen) atoms. The number of carbonyl (C=O) groups excluding carboxylic acids is 2. The maximum atomic E-state index is 14.2. The summed E-state index contributed by atoms with van der Waals surface area (Å²) in [4.78, 5) is 42.4. The fourth-order valence-corrected chi connectivity index (χ4v) is 10.7. The number of likely N-dealkylation sites (tertiary alicyclic amines) is 2. The number of aromatic hydroxyl groups is 1. The number of aliphatic hydroxyl groups excluding tert-OH is 1. The predicted octanol–water partition coefficient (Wildman–Crippen LogP) is 5.31. The number of benzene rings is 2. The number of piperidine rings is 1. The number of ether oxygens (including phenoxy) is 1. The summed E-state index contributed by atoms with van der Waals surface area (Å²) >= 11 is 1.59. The maximum Gasteiger partial charge on any atom is 0.254 e. The highest BCUT2D eigenvalue weighted by atomic mass is 32.1. The summed E-state index contributed by atoms with van der Waals surface area (Å²) in [6, 6.07) is 18.7. The zero-order valence-electron chi connectivity index (χ0n) is 36.9. The Bertz CT molecular complexity index is 2420. The van der Waals surface area contributed by atoms with Gasteiger partial charge in [-0.15, -0.1) is 21.5 Å². The standard InChI is InChI=1S/C47H58N10O6S/c1-28(2)43(47(61)57-26-35(58)21-39(57)46(60)50-29(3)31-9-11-32(12-10-31)44-30(4)49-27-64-44)41-23-42(53-63-41)62-20-19-54-15-13-33(14-16-54)55-17-18-56-34(25-55)24-48-45-38(56)22-37(51-52-45)36-7-5-6-8-40(36)59/h5-12,22-23,27-29,33-35,39,43,58-59H,13-21,24-26H2,1-4H3,(H,48,52)(H,50,60)/t29-,34+,35+,39-,43+/m0/s1. The smallest absolute Gasteiger partial charge is 0.254 e. The van der Waals surface area contributed by atoms with Crippen molar-refractivity contribution in [2.45, 2.75) is 83.1 Å². The minimum absolute atomic E-state index is 0.0620. The molecule has 0 spiro atoms. The summed E-state index contributed by atoms with van der Waals surface area (Å²) < 4.78 is 11.8. The molecule has 0 saturated carbocycles. The number of phenols is 1. The van der Waals surface area contributed by atoms with Gasteiger partial charge in [-0.25, -0.2) is 4.98 Å². The van der Waals surface area contributed by atoms with Gasteiger partial charge < -0.3 is 39.9 Å². The second kappa shape index (κ2) is 18.8. The Morgan fingerprint density at radius 1 is 1.00 bits per heavy atom. The number of hydrogen-bond acceptors (Lipinski definition) is 15. The molecule has 17 heteroatoms. The van der Waals surface area contributed by atoms with Gasteiger partial charge in [0.05, 0.1) is 45.7 Å². The highest BCUT2D eigenvalue weighted by Gasteiger charge is 2.44. The summed E-state index contributed by atoms with van der Waals surface area (Å²) in [5.41, 5.74) is 7.21. The normalized spacial score (nSPS) is 21.6. The third-order valence-electron chi connectivity index (χ3n) is 13.4. The van der Waals surface area contributed by atoms with Gasteiger partial charge in [0.1, 0.15) is 24.3 Å². The van der Waals surface area contributed by atoms with Crippen LogP contribution < -0.4 is 20.3 Å². The topological polar surface area (TPSA) is 186 Å². The van der Waals surface area contributed by atoms with Gasteiger partial charge in [-0.3, -0.25) is 19.4 Å². The molecule has 3 saturated heterocycles. The molecular formula is C47H58N10O6S. The summed E-state index contributed by atoms with van der Waals surface area (Å²) in [6.45, 7) is 14.6. The number of aliphatic hydroxyl groups is 1. The molecule has 2 amide bonds. The summed E-state index contributed by atoms with van der Waals surface area (Å²) in [5, 5.41) is 40.7. The van der Waals surface area contributed by atoms with Crippen molar-refractivity contribution in [2.75, 3.05) is 69.2 Å². The van der Waals surface area contributed by atoms with Crippen LogP contribution >= 0.6 is 11.3 Å². The third kappa shape index (κ3) is 9.16. The van der Waals surface area contributed by atoms with Crippen molar-refractivity contribution < 1.29 is 29.1 Å². The van der Waals surface area contributed by atoms with Crippen LogP contribution in [0.2, 0.25) is 0 Å². The van der Waals surface area contributed by atoms with Crippen LogP contribution in [0.15, 0.2) is 70.7 Å². The number of nitrogens with zero attached hydrogens (tertiary/aromatic N) is 8. The van der Waals surface area contributed by atoms with Crippen LogP contribution in [0, 0.1) is 12.8 Å². The molecule has 7 heterocycles. The van der Waals surface area contributed by atoms with E-state index in [0.717, 1.165) is 91.9 Å². The first kappa shape index (κ1) is 43.6. The SMILES string of the molecule is Cc1ncsc1-c1ccc([C@H](C)NC(=O)[C@@H]2C[C@@H](O)CN2C(=O)[C@@H](c2cc(OCCN3CCC(N4CCN5c6cc(-c7ccccc7O)nnc6NC[C@@H]5C4)CC3)no2)C(C)C)cc1. The lowest BCUT2D eigenvalue weighted by Gasteiger charge is -2.49. The predicted molar refractivity (Wildman–Crippen MR) is 244 cm³/mol. The van der Waals surface area contributed by atoms with Crippen LogP contribution in [0.3, 0.4) is 0 Å². The van der Waals surface area contributed by atoms with E-state index in [1.807, 2.05) is 75.7 Å². The number of hydrogen-bond donors (Lipinski definition) is 4. The highest BCUT2D eigenvalue weighted by Crippen LogP contribution is 2.37. The molecule has 0 aliphatic carbocycles. The van der Waals surface area contributed by atoms with E-state index in [0.29, 0.717) is 41.6 Å². The van der Waals surface area contributed by atoms with E-state index in [9.17, 15) is 19.8 Å². The molecule has 4 aliphatic heterocycles. The van der Waals surface area contributed by atoms with E-state index in [4.69, 9.17) is 9.26 Å². The zero-order valence-corrected chi connectivity index (χ0v) is 37.7. The molecule has 4 aliphatic rings. The number of para-hydroxylation sites is 1. The first-order valence-electron chi connectivity index (χ1n) is 22.5. The lowest BCUT2D eigenvalue weighted by Crippen LogP contribution is -2.61. The molecule has 2 aromatic carbocycles. The summed E-state index contributed by atoms with van der Waals surface area (Å²) in [6.07, 6.45) is 1.50. The maximum absolute atomic E-state index is 14.2. The Morgan fingerprint density at radius 2 is 1.80 bits per heavy atom. The van der Waals surface area contributed by atoms with Crippen molar-refractivity contribution >= 4 is 34.7 Å². The van der Waals surface area contributed by atoms with Crippen molar-refractivity contribution in [1.82, 2.24) is 40.4 Å². The molecule has 3 fully saturated rings. The monoisotopic (exact) mass is 890 g/mol. The van der Waals surface area contributed by atoms with Crippen LogP contribution in [0.5, 0.6) is 11.6 Å². The fourth-order valence-electron chi connectivity index (χ4n) is 9.85. The lowest BCUT2D eigenvalue weighted by molar-refractivity contribution is -0.141. The summed E-state index contributed by atoms with van der Waals surface area (Å²) in [5.74, 6) is 0.222. The van der Waals surface area contributed by atoms with Crippen LogP contribution in [-0.2, 0) is 9.59 Å². The van der Waals surface area contributed by atoms with Gasteiger partial charge >= 0.3 is 0 Å². The van der Waals surface area contributed by atoms with Gasteiger partial charge in [0, 0.05) is 63.4 Å². The number of nitrogens with one attached hydrogen (secondary N) is 2. The second-order valence-electron chi connectivity index (χ2n) is 17.9. The van der Waals surface area contributed by atoms with Gasteiger partial charge in [-0.1, -0.05) is 50.2 Å². The Kier molecular flexibility index (Phi) is 12.8. The highest BCUT2D eigenvalue weighted by molar-refractivity contribution is 7.13. The number of rotatable bonds is 13. The average molecular weight is 891 g/mol. The van der Waals surface area contributed by atoms with Crippen LogP contribution in [0.4, 0.5) is 11.5 Å². The molecule has 338 valence electrons. The molecule has 5 aromatic rings. The van der Waals surface area contributed by atoms with E-state index in [1.165, 1.54) is 4.90 Å².